The molecular weight excluding hydrogens is 276 g/mol. The van der Waals surface area contributed by atoms with Gasteiger partial charge in [-0.1, -0.05) is 18.2 Å². The van der Waals surface area contributed by atoms with Crippen molar-refractivity contribution in [3.8, 4) is 0 Å². The molecule has 1 aliphatic rings. The molecule has 0 radical (unpaired) electrons. The van der Waals surface area contributed by atoms with Crippen LogP contribution in [0, 0.1) is 0 Å². The maximum absolute atomic E-state index is 11.6. The largest absolute Gasteiger partial charge is 0.333 e. The molecule has 98 valence electrons. The first-order valence-electron chi connectivity index (χ1n) is 5.43. The average Bonchev–Trinajstić information content (AvgIpc) is 2.53. The Bertz CT molecular complexity index is 532. The number of carbonyl (C=O) groups is 1. The van der Waals surface area contributed by atoms with Crippen molar-refractivity contribution in [1.29, 1.82) is 0 Å². The maximum Gasteiger partial charge on any atom is 0.319 e. The zero-order chi connectivity index (χ0) is 13.2. The van der Waals surface area contributed by atoms with Crippen LogP contribution in [0.2, 0.25) is 0 Å². The number of carbonyl (C=O) groups excluding carboxylic acids is 1. The highest BCUT2D eigenvalue weighted by Gasteiger charge is 2.37. The summed E-state index contributed by atoms with van der Waals surface area (Å²) in [5, 5.41) is 4.61. The Balaban J connectivity index is 1.93. The van der Waals surface area contributed by atoms with Gasteiger partial charge >= 0.3 is 6.03 Å². The van der Waals surface area contributed by atoms with Crippen molar-refractivity contribution >= 4 is 33.2 Å². The lowest BCUT2D eigenvalue weighted by atomic mass is 10.2. The fourth-order valence-electron chi connectivity index (χ4n) is 1.79. The monoisotopic (exact) mass is 288 g/mol. The van der Waals surface area contributed by atoms with Gasteiger partial charge in [-0.3, -0.25) is 0 Å². The summed E-state index contributed by atoms with van der Waals surface area (Å²) in [5.41, 5.74) is 0.641. The predicted molar refractivity (Wildman–Crippen MR) is 70.7 cm³/mol. The molecule has 2 N–H and O–H groups in total. The number of nitrogens with one attached hydrogen (secondary N) is 2. The molecule has 0 aliphatic carbocycles. The van der Waals surface area contributed by atoms with E-state index in [9.17, 15) is 13.2 Å². The summed E-state index contributed by atoms with van der Waals surface area (Å²) in [6, 6.07) is 7.91. The molecule has 0 saturated carbocycles. The van der Waals surface area contributed by atoms with Crippen LogP contribution >= 0.6 is 11.6 Å². The molecule has 0 unspecified atom stereocenters. The first-order valence-corrected chi connectivity index (χ1v) is 7.69. The normalized spacial score (nSPS) is 25.6. The second-order valence-corrected chi connectivity index (χ2v) is 6.88. The maximum atomic E-state index is 11.6. The lowest BCUT2D eigenvalue weighted by Crippen LogP contribution is -2.42. The SMILES string of the molecule is O=C(Nc1ccccc1)N[C@@H]1CS(=O)(=O)C[C@H]1Cl. The molecule has 5 nitrogen and oxygen atoms in total. The summed E-state index contributed by atoms with van der Waals surface area (Å²) in [6.45, 7) is 0. The first kappa shape index (κ1) is 13.2. The third kappa shape index (κ3) is 3.36. The van der Waals surface area contributed by atoms with E-state index in [0.717, 1.165) is 0 Å². The van der Waals surface area contributed by atoms with Gasteiger partial charge in [-0.25, -0.2) is 13.2 Å². The van der Waals surface area contributed by atoms with Crippen LogP contribution in [0.4, 0.5) is 10.5 Å². The minimum atomic E-state index is -3.14. The number of halogens is 1. The quantitative estimate of drug-likeness (QED) is 0.803. The molecule has 1 aromatic rings. The van der Waals surface area contributed by atoms with Crippen LogP contribution in [0.1, 0.15) is 0 Å². The molecule has 0 bridgehead atoms. The summed E-state index contributed by atoms with van der Waals surface area (Å²) in [5.74, 6) is -0.200. The topological polar surface area (TPSA) is 75.3 Å². The Morgan fingerprint density at radius 2 is 1.89 bits per heavy atom. The fraction of sp³-hybridized carbons (Fsp3) is 0.364. The van der Waals surface area contributed by atoms with Gasteiger partial charge in [-0.2, -0.15) is 0 Å². The zero-order valence-corrected chi connectivity index (χ0v) is 11.0. The molecule has 1 heterocycles. The van der Waals surface area contributed by atoms with Gasteiger partial charge in [0.25, 0.3) is 0 Å². The minimum Gasteiger partial charge on any atom is -0.333 e. The molecule has 1 aliphatic heterocycles. The van der Waals surface area contributed by atoms with Crippen molar-refractivity contribution in [2.45, 2.75) is 11.4 Å². The van der Waals surface area contributed by atoms with E-state index < -0.39 is 27.3 Å². The Morgan fingerprint density at radius 3 is 2.44 bits per heavy atom. The number of hydrogen-bond acceptors (Lipinski definition) is 3. The predicted octanol–water partition coefficient (Wildman–Crippen LogP) is 1.21. The Labute approximate surface area is 110 Å². The van der Waals surface area contributed by atoms with E-state index in [1.807, 2.05) is 6.07 Å². The number of urea groups is 1. The van der Waals surface area contributed by atoms with E-state index in [0.29, 0.717) is 5.69 Å². The third-order valence-electron chi connectivity index (χ3n) is 2.63. The van der Waals surface area contributed by atoms with Crippen LogP contribution in [0.25, 0.3) is 0 Å². The van der Waals surface area contributed by atoms with Crippen LogP contribution in [-0.4, -0.2) is 37.4 Å². The van der Waals surface area contributed by atoms with Gasteiger partial charge in [0.2, 0.25) is 0 Å². The number of para-hydroxylation sites is 1. The lowest BCUT2D eigenvalue weighted by Gasteiger charge is -2.14. The van der Waals surface area contributed by atoms with Crippen molar-refractivity contribution in [3.05, 3.63) is 30.3 Å². The summed E-state index contributed by atoms with van der Waals surface area (Å²) in [7, 11) is -3.14. The van der Waals surface area contributed by atoms with Crippen LogP contribution in [0.3, 0.4) is 0 Å². The van der Waals surface area contributed by atoms with E-state index in [4.69, 9.17) is 11.6 Å². The number of amides is 2. The fourth-order valence-corrected chi connectivity index (χ4v) is 4.34. The van der Waals surface area contributed by atoms with Crippen molar-refractivity contribution in [1.82, 2.24) is 5.32 Å². The Kier molecular flexibility index (Phi) is 3.77. The van der Waals surface area contributed by atoms with E-state index in [1.165, 1.54) is 0 Å². The number of anilines is 1. The molecule has 1 saturated heterocycles. The van der Waals surface area contributed by atoms with Crippen molar-refractivity contribution in [2.75, 3.05) is 16.8 Å². The molecule has 2 atom stereocenters. The molecule has 7 heteroatoms. The molecule has 1 aromatic carbocycles. The van der Waals surface area contributed by atoms with Crippen LogP contribution in [-0.2, 0) is 9.84 Å². The van der Waals surface area contributed by atoms with E-state index in [1.54, 1.807) is 24.3 Å². The van der Waals surface area contributed by atoms with Crippen molar-refractivity contribution < 1.29 is 13.2 Å². The highest BCUT2D eigenvalue weighted by atomic mass is 35.5. The Morgan fingerprint density at radius 1 is 1.22 bits per heavy atom. The van der Waals surface area contributed by atoms with Gasteiger partial charge in [0.05, 0.1) is 22.9 Å². The summed E-state index contributed by atoms with van der Waals surface area (Å²) in [6.07, 6.45) is 0. The van der Waals surface area contributed by atoms with E-state index in [-0.39, 0.29) is 11.5 Å². The molecule has 1 fully saturated rings. The molecule has 0 spiro atoms. The second-order valence-electron chi connectivity index (χ2n) is 4.16. The third-order valence-corrected chi connectivity index (χ3v) is 5.01. The summed E-state index contributed by atoms with van der Waals surface area (Å²) >= 11 is 5.89. The Hall–Kier alpha value is -1.27. The van der Waals surface area contributed by atoms with Gasteiger partial charge in [-0.05, 0) is 12.1 Å². The van der Waals surface area contributed by atoms with Crippen LogP contribution in [0.5, 0.6) is 0 Å². The van der Waals surface area contributed by atoms with Gasteiger partial charge in [0, 0.05) is 5.69 Å². The van der Waals surface area contributed by atoms with E-state index >= 15 is 0 Å². The lowest BCUT2D eigenvalue weighted by molar-refractivity contribution is 0.249. The average molecular weight is 289 g/mol. The smallest absolute Gasteiger partial charge is 0.319 e. The number of sulfone groups is 1. The van der Waals surface area contributed by atoms with Crippen molar-refractivity contribution in [3.63, 3.8) is 0 Å². The van der Waals surface area contributed by atoms with Gasteiger partial charge < -0.3 is 10.6 Å². The molecule has 0 aromatic heterocycles. The first-order chi connectivity index (χ1) is 8.46. The minimum absolute atomic E-state index is 0.0924. The summed E-state index contributed by atoms with van der Waals surface area (Å²) in [4.78, 5) is 11.6. The van der Waals surface area contributed by atoms with Gasteiger partial charge in [0.1, 0.15) is 0 Å². The number of benzene rings is 1. The molecule has 18 heavy (non-hydrogen) atoms. The standard InChI is InChI=1S/C11H13ClN2O3S/c12-9-6-18(16,17)7-10(9)14-11(15)13-8-4-2-1-3-5-8/h1-5,9-10H,6-7H2,(H2,13,14,15)/t9-,10-/m1/s1. The summed E-state index contributed by atoms with van der Waals surface area (Å²) < 4.78 is 22.7. The van der Waals surface area contributed by atoms with Crippen LogP contribution < -0.4 is 10.6 Å². The van der Waals surface area contributed by atoms with E-state index in [2.05, 4.69) is 10.6 Å². The van der Waals surface area contributed by atoms with Crippen molar-refractivity contribution in [2.24, 2.45) is 0 Å². The zero-order valence-electron chi connectivity index (χ0n) is 9.47. The van der Waals surface area contributed by atoms with Gasteiger partial charge in [0.15, 0.2) is 9.84 Å². The molecule has 2 amide bonds. The number of hydrogen-bond donors (Lipinski definition) is 2. The number of rotatable bonds is 2. The highest BCUT2D eigenvalue weighted by Crippen LogP contribution is 2.18. The highest BCUT2D eigenvalue weighted by molar-refractivity contribution is 7.91. The molecular formula is C11H13ClN2O3S. The van der Waals surface area contributed by atoms with Gasteiger partial charge in [-0.15, -0.1) is 11.6 Å². The van der Waals surface area contributed by atoms with Crippen LogP contribution in [0.15, 0.2) is 30.3 Å². The second kappa shape index (κ2) is 5.16. The molecule has 2 rings (SSSR count). The number of alkyl halides is 1.